The summed E-state index contributed by atoms with van der Waals surface area (Å²) in [5, 5.41) is 4.95. The highest BCUT2D eigenvalue weighted by atomic mass is 35.5. The fourth-order valence-corrected chi connectivity index (χ4v) is 4.70. The highest BCUT2D eigenvalue weighted by Gasteiger charge is 2.28. The first-order chi connectivity index (χ1) is 12.5. The zero-order valence-corrected chi connectivity index (χ0v) is 16.6. The largest absolute Gasteiger partial charge is 0.380 e. The van der Waals surface area contributed by atoms with Crippen molar-refractivity contribution in [3.05, 3.63) is 79.5 Å². The van der Waals surface area contributed by atoms with E-state index in [-0.39, 0.29) is 5.84 Å². The van der Waals surface area contributed by atoms with Crippen molar-refractivity contribution < 1.29 is 9.63 Å². The van der Waals surface area contributed by atoms with Gasteiger partial charge < -0.3 is 10.6 Å². The van der Waals surface area contributed by atoms with Gasteiger partial charge in [0.25, 0.3) is 0 Å². The van der Waals surface area contributed by atoms with Crippen molar-refractivity contribution in [1.82, 2.24) is 0 Å². The molecule has 0 saturated heterocycles. The lowest BCUT2D eigenvalue weighted by atomic mass is 10.2. The van der Waals surface area contributed by atoms with Crippen molar-refractivity contribution in [2.75, 3.05) is 0 Å². The van der Waals surface area contributed by atoms with Gasteiger partial charge in [-0.15, -0.1) is 23.5 Å². The molecule has 1 aliphatic rings. The first kappa shape index (κ1) is 19.2. The van der Waals surface area contributed by atoms with E-state index in [1.54, 1.807) is 0 Å². The summed E-state index contributed by atoms with van der Waals surface area (Å²) in [5.74, 6) is 0.927. The number of rotatable bonds is 6. The van der Waals surface area contributed by atoms with Crippen LogP contribution in [0.1, 0.15) is 11.1 Å². The van der Waals surface area contributed by atoms with E-state index in [2.05, 4.69) is 5.16 Å². The van der Waals surface area contributed by atoms with Gasteiger partial charge in [-0.2, -0.15) is 0 Å². The van der Waals surface area contributed by atoms with Crippen molar-refractivity contribution in [2.24, 2.45) is 10.9 Å². The van der Waals surface area contributed by atoms with Crippen LogP contribution in [-0.2, 0) is 21.1 Å². The molecular formula is C18H14Cl2N2O2S2. The molecule has 0 radical (unpaired) electrons. The standard InChI is InChI=1S/C18H14Cl2N2O2S2/c19-13-5-1-11(2-6-13)9-25-18(15-16(21)22-24-17(15)23)26-10-12-3-7-14(20)8-4-12/h1-8H,9-10H2,(H2,21,22). The molecular weight excluding hydrogens is 411 g/mol. The maximum absolute atomic E-state index is 12.0. The van der Waals surface area contributed by atoms with Crippen LogP contribution in [0, 0.1) is 0 Å². The van der Waals surface area contributed by atoms with Crippen LogP contribution in [0.2, 0.25) is 10.0 Å². The molecule has 1 aliphatic heterocycles. The molecule has 0 aliphatic carbocycles. The number of nitrogens with zero attached hydrogens (tertiary/aromatic N) is 1. The minimum Gasteiger partial charge on any atom is -0.380 e. The summed E-state index contributed by atoms with van der Waals surface area (Å²) in [7, 11) is 0. The Morgan fingerprint density at radius 1 is 0.923 bits per heavy atom. The number of hydrogen-bond acceptors (Lipinski definition) is 6. The predicted octanol–water partition coefficient (Wildman–Crippen LogP) is 5.20. The van der Waals surface area contributed by atoms with Crippen molar-refractivity contribution in [3.8, 4) is 0 Å². The van der Waals surface area contributed by atoms with Crippen LogP contribution >= 0.6 is 46.7 Å². The van der Waals surface area contributed by atoms with Gasteiger partial charge in [-0.05, 0) is 35.4 Å². The minimum atomic E-state index is -0.523. The molecule has 26 heavy (non-hydrogen) atoms. The first-order valence-electron chi connectivity index (χ1n) is 7.57. The molecule has 8 heteroatoms. The third-order valence-corrected chi connectivity index (χ3v) is 6.56. The van der Waals surface area contributed by atoms with Gasteiger partial charge in [0.05, 0.1) is 4.24 Å². The van der Waals surface area contributed by atoms with Crippen LogP contribution in [-0.4, -0.2) is 11.8 Å². The molecule has 2 aromatic rings. The Labute approximate surface area is 169 Å². The lowest BCUT2D eigenvalue weighted by molar-refractivity contribution is -0.136. The Bertz CT molecular complexity index is 814. The molecule has 0 saturated carbocycles. The average molecular weight is 425 g/mol. The Hall–Kier alpha value is -1.60. The van der Waals surface area contributed by atoms with Crippen LogP contribution in [0.25, 0.3) is 0 Å². The number of nitrogens with two attached hydrogens (primary N) is 1. The monoisotopic (exact) mass is 424 g/mol. The quantitative estimate of drug-likeness (QED) is 0.509. The van der Waals surface area contributed by atoms with Gasteiger partial charge in [0, 0.05) is 21.6 Å². The summed E-state index contributed by atoms with van der Waals surface area (Å²) in [4.78, 5) is 16.7. The lowest BCUT2D eigenvalue weighted by Crippen LogP contribution is -2.15. The topological polar surface area (TPSA) is 64.7 Å². The minimum absolute atomic E-state index is 0.109. The van der Waals surface area contributed by atoms with Gasteiger partial charge in [0.15, 0.2) is 5.84 Å². The van der Waals surface area contributed by atoms with E-state index in [9.17, 15) is 4.79 Å². The molecule has 0 bridgehead atoms. The maximum atomic E-state index is 12.0. The Kier molecular flexibility index (Phi) is 6.53. The zero-order valence-electron chi connectivity index (χ0n) is 13.4. The summed E-state index contributed by atoms with van der Waals surface area (Å²) in [6.45, 7) is 0. The summed E-state index contributed by atoms with van der Waals surface area (Å²) in [6, 6.07) is 15.2. The van der Waals surface area contributed by atoms with Gasteiger partial charge in [-0.1, -0.05) is 52.6 Å². The average Bonchev–Trinajstić information content (AvgIpc) is 2.97. The van der Waals surface area contributed by atoms with E-state index in [1.807, 2.05) is 48.5 Å². The summed E-state index contributed by atoms with van der Waals surface area (Å²) in [6.07, 6.45) is 0. The van der Waals surface area contributed by atoms with Crippen molar-refractivity contribution in [3.63, 3.8) is 0 Å². The van der Waals surface area contributed by atoms with Crippen molar-refractivity contribution >= 4 is 58.5 Å². The highest BCUT2D eigenvalue weighted by molar-refractivity contribution is 8.21. The number of amidine groups is 1. The number of carbonyl (C=O) groups excluding carboxylic acids is 1. The van der Waals surface area contributed by atoms with Crippen LogP contribution < -0.4 is 5.73 Å². The lowest BCUT2D eigenvalue weighted by Gasteiger charge is -2.10. The fraction of sp³-hybridized carbons (Fsp3) is 0.111. The number of carbonyl (C=O) groups is 1. The molecule has 0 atom stereocenters. The number of halogens is 2. The van der Waals surface area contributed by atoms with Crippen LogP contribution in [0.4, 0.5) is 0 Å². The third-order valence-electron chi connectivity index (χ3n) is 3.46. The van der Waals surface area contributed by atoms with E-state index in [0.717, 1.165) is 15.4 Å². The van der Waals surface area contributed by atoms with E-state index < -0.39 is 5.97 Å². The van der Waals surface area contributed by atoms with E-state index >= 15 is 0 Å². The molecule has 0 amide bonds. The normalized spacial score (nSPS) is 13.5. The number of thioether (sulfide) groups is 2. The molecule has 4 nitrogen and oxygen atoms in total. The van der Waals surface area contributed by atoms with Gasteiger partial charge in [-0.3, -0.25) is 0 Å². The van der Waals surface area contributed by atoms with Gasteiger partial charge in [0.2, 0.25) is 0 Å². The van der Waals surface area contributed by atoms with E-state index in [0.29, 0.717) is 27.1 Å². The van der Waals surface area contributed by atoms with Crippen LogP contribution in [0.5, 0.6) is 0 Å². The SMILES string of the molecule is NC1=NOC(=O)C1=C(SCc1ccc(Cl)cc1)SCc1ccc(Cl)cc1. The third kappa shape index (κ3) is 4.98. The molecule has 134 valence electrons. The molecule has 2 N–H and O–H groups in total. The Morgan fingerprint density at radius 2 is 1.38 bits per heavy atom. The second-order valence-corrected chi connectivity index (χ2v) is 8.45. The number of oxime groups is 1. The molecule has 0 aromatic heterocycles. The highest BCUT2D eigenvalue weighted by Crippen LogP contribution is 2.38. The maximum Gasteiger partial charge on any atom is 0.371 e. The first-order valence-corrected chi connectivity index (χ1v) is 10.3. The number of benzene rings is 2. The Balaban J connectivity index is 1.77. The van der Waals surface area contributed by atoms with Gasteiger partial charge in [0.1, 0.15) is 5.57 Å². The zero-order chi connectivity index (χ0) is 18.5. The van der Waals surface area contributed by atoms with Crippen molar-refractivity contribution in [2.45, 2.75) is 11.5 Å². The summed E-state index contributed by atoms with van der Waals surface area (Å²) in [5.41, 5.74) is 8.33. The molecule has 0 fully saturated rings. The molecule has 2 aromatic carbocycles. The van der Waals surface area contributed by atoms with Crippen LogP contribution in [0.3, 0.4) is 0 Å². The molecule has 3 rings (SSSR count). The van der Waals surface area contributed by atoms with Gasteiger partial charge in [-0.25, -0.2) is 4.79 Å². The van der Waals surface area contributed by atoms with Crippen molar-refractivity contribution in [1.29, 1.82) is 0 Å². The van der Waals surface area contributed by atoms with E-state index in [1.165, 1.54) is 23.5 Å². The molecule has 1 heterocycles. The van der Waals surface area contributed by atoms with Gasteiger partial charge >= 0.3 is 5.97 Å². The fourth-order valence-electron chi connectivity index (χ4n) is 2.12. The predicted molar refractivity (Wildman–Crippen MR) is 110 cm³/mol. The van der Waals surface area contributed by atoms with E-state index in [4.69, 9.17) is 33.8 Å². The Morgan fingerprint density at radius 3 is 1.77 bits per heavy atom. The molecule has 0 spiro atoms. The second kappa shape index (κ2) is 8.86. The second-order valence-electron chi connectivity index (χ2n) is 5.35. The van der Waals surface area contributed by atoms with Crippen LogP contribution in [0.15, 0.2) is 63.5 Å². The number of hydrogen-bond donors (Lipinski definition) is 1. The summed E-state index contributed by atoms with van der Waals surface area (Å²) < 4.78 is 0.777. The summed E-state index contributed by atoms with van der Waals surface area (Å²) >= 11 is 14.9. The smallest absolute Gasteiger partial charge is 0.371 e. The molecule has 0 unspecified atom stereocenters.